The Kier molecular flexibility index (Phi) is 4.76. The van der Waals surface area contributed by atoms with Gasteiger partial charge in [-0.25, -0.2) is 4.79 Å². The monoisotopic (exact) mass is 284 g/mol. The Morgan fingerprint density at radius 3 is 2.43 bits per heavy atom. The third-order valence-electron chi connectivity index (χ3n) is 3.77. The Morgan fingerprint density at radius 1 is 1.24 bits per heavy atom. The molecule has 3 heteroatoms. The summed E-state index contributed by atoms with van der Waals surface area (Å²) in [7, 11) is 0. The molecule has 1 atom stereocenters. The lowest BCUT2D eigenvalue weighted by Crippen LogP contribution is -2.05. The van der Waals surface area contributed by atoms with E-state index in [1.165, 1.54) is 11.1 Å². The van der Waals surface area contributed by atoms with Crippen LogP contribution in [0, 0.1) is 0 Å². The van der Waals surface area contributed by atoms with Gasteiger partial charge in [-0.15, -0.1) is 0 Å². The number of allylic oxidation sites excluding steroid dienone is 4. The third-order valence-corrected chi connectivity index (χ3v) is 3.77. The van der Waals surface area contributed by atoms with Crippen LogP contribution in [-0.4, -0.2) is 16.2 Å². The van der Waals surface area contributed by atoms with Gasteiger partial charge in [0.25, 0.3) is 0 Å². The standard InChI is InChI=1S/C18H20O3/c1-12-3-5-14(6-4-12)15-7-9-16(10-8-15)17(19)11-13(2)18(20)21/h3,5,7-10,17,19H,2,4,6,11H2,1H3,(H,20,21). The number of benzene rings is 1. The summed E-state index contributed by atoms with van der Waals surface area (Å²) in [5.41, 5.74) is 4.55. The summed E-state index contributed by atoms with van der Waals surface area (Å²) in [6.07, 6.45) is 5.59. The predicted molar refractivity (Wildman–Crippen MR) is 83.8 cm³/mol. The minimum Gasteiger partial charge on any atom is -0.478 e. The van der Waals surface area contributed by atoms with Gasteiger partial charge in [0.1, 0.15) is 0 Å². The lowest BCUT2D eigenvalue weighted by atomic mass is 9.92. The minimum absolute atomic E-state index is 0.0159. The number of aliphatic hydroxyl groups excluding tert-OH is 1. The van der Waals surface area contributed by atoms with Crippen molar-refractivity contribution in [1.82, 2.24) is 0 Å². The summed E-state index contributed by atoms with van der Waals surface area (Å²) in [5.74, 6) is -1.07. The molecule has 0 bridgehead atoms. The topological polar surface area (TPSA) is 57.5 Å². The molecule has 0 radical (unpaired) electrons. The number of rotatable bonds is 5. The van der Waals surface area contributed by atoms with Crippen LogP contribution in [0.3, 0.4) is 0 Å². The number of carbonyl (C=O) groups is 1. The molecule has 0 heterocycles. The number of aliphatic hydroxyl groups is 1. The molecule has 0 saturated carbocycles. The van der Waals surface area contributed by atoms with Crippen molar-refractivity contribution in [1.29, 1.82) is 0 Å². The highest BCUT2D eigenvalue weighted by atomic mass is 16.4. The van der Waals surface area contributed by atoms with E-state index in [1.54, 1.807) is 0 Å². The van der Waals surface area contributed by atoms with E-state index in [4.69, 9.17) is 5.11 Å². The molecule has 0 amide bonds. The van der Waals surface area contributed by atoms with Crippen LogP contribution in [0.25, 0.3) is 5.57 Å². The summed E-state index contributed by atoms with van der Waals surface area (Å²) in [6.45, 7) is 5.57. The number of carboxylic acid groups (broad SMARTS) is 1. The Hall–Kier alpha value is -2.13. The van der Waals surface area contributed by atoms with Gasteiger partial charge in [-0.1, -0.05) is 48.6 Å². The van der Waals surface area contributed by atoms with E-state index in [-0.39, 0.29) is 12.0 Å². The van der Waals surface area contributed by atoms with Crippen LogP contribution in [0.2, 0.25) is 0 Å². The van der Waals surface area contributed by atoms with Crippen LogP contribution in [0.5, 0.6) is 0 Å². The highest BCUT2D eigenvalue weighted by Crippen LogP contribution is 2.28. The van der Waals surface area contributed by atoms with Gasteiger partial charge in [0.15, 0.2) is 0 Å². The fourth-order valence-electron chi connectivity index (χ4n) is 2.34. The van der Waals surface area contributed by atoms with Crippen LogP contribution in [0.1, 0.15) is 43.4 Å². The van der Waals surface area contributed by atoms with Crippen LogP contribution < -0.4 is 0 Å². The molecule has 1 unspecified atom stereocenters. The quantitative estimate of drug-likeness (QED) is 0.807. The summed E-state index contributed by atoms with van der Waals surface area (Å²) >= 11 is 0. The van der Waals surface area contributed by atoms with Gasteiger partial charge in [0.05, 0.1) is 6.10 Å². The first-order valence-electron chi connectivity index (χ1n) is 7.03. The molecular formula is C18H20O3. The van der Waals surface area contributed by atoms with E-state index < -0.39 is 12.1 Å². The second kappa shape index (κ2) is 6.55. The maximum atomic E-state index is 10.7. The molecule has 1 aromatic carbocycles. The predicted octanol–water partition coefficient (Wildman–Crippen LogP) is 3.87. The van der Waals surface area contributed by atoms with E-state index in [0.29, 0.717) is 5.56 Å². The van der Waals surface area contributed by atoms with Crippen molar-refractivity contribution in [2.45, 2.75) is 32.3 Å². The lowest BCUT2D eigenvalue weighted by Gasteiger charge is -2.14. The molecule has 0 aromatic heterocycles. The Morgan fingerprint density at radius 2 is 1.90 bits per heavy atom. The van der Waals surface area contributed by atoms with Gasteiger partial charge < -0.3 is 10.2 Å². The van der Waals surface area contributed by atoms with Crippen LogP contribution in [-0.2, 0) is 4.79 Å². The average Bonchev–Trinajstić information content (AvgIpc) is 2.48. The summed E-state index contributed by atoms with van der Waals surface area (Å²) < 4.78 is 0. The van der Waals surface area contributed by atoms with E-state index >= 15 is 0 Å². The SMILES string of the molecule is C=C(CC(O)c1ccc(C2=CC=C(C)CC2)cc1)C(=O)O. The summed E-state index contributed by atoms with van der Waals surface area (Å²) in [4.78, 5) is 10.7. The van der Waals surface area contributed by atoms with Crippen molar-refractivity contribution in [3.8, 4) is 0 Å². The minimum atomic E-state index is -1.07. The van der Waals surface area contributed by atoms with Gasteiger partial charge >= 0.3 is 5.97 Å². The normalized spacial score (nSPS) is 15.9. The van der Waals surface area contributed by atoms with E-state index in [1.807, 2.05) is 24.3 Å². The van der Waals surface area contributed by atoms with Crippen molar-refractivity contribution in [2.24, 2.45) is 0 Å². The zero-order chi connectivity index (χ0) is 15.4. The lowest BCUT2D eigenvalue weighted by molar-refractivity contribution is -0.133. The first kappa shape index (κ1) is 15.3. The largest absolute Gasteiger partial charge is 0.478 e. The zero-order valence-corrected chi connectivity index (χ0v) is 12.2. The van der Waals surface area contributed by atoms with E-state index in [9.17, 15) is 9.90 Å². The molecule has 0 saturated heterocycles. The number of hydrogen-bond donors (Lipinski definition) is 2. The number of carboxylic acids is 1. The second-order valence-corrected chi connectivity index (χ2v) is 5.46. The first-order chi connectivity index (χ1) is 9.97. The van der Waals surface area contributed by atoms with Gasteiger partial charge in [0, 0.05) is 12.0 Å². The molecule has 0 aliphatic heterocycles. The van der Waals surface area contributed by atoms with Gasteiger partial charge in [-0.2, -0.15) is 0 Å². The Bertz CT molecular complexity index is 606. The van der Waals surface area contributed by atoms with Crippen LogP contribution >= 0.6 is 0 Å². The van der Waals surface area contributed by atoms with Gasteiger partial charge in [-0.05, 0) is 36.5 Å². The van der Waals surface area contributed by atoms with Crippen molar-refractivity contribution in [3.05, 3.63) is 65.3 Å². The molecule has 1 aromatic rings. The molecule has 3 nitrogen and oxygen atoms in total. The fraction of sp³-hybridized carbons (Fsp3) is 0.278. The molecule has 1 aliphatic rings. The van der Waals surface area contributed by atoms with E-state index in [0.717, 1.165) is 18.4 Å². The number of aliphatic carboxylic acids is 1. The highest BCUT2D eigenvalue weighted by molar-refractivity contribution is 5.85. The molecule has 0 fully saturated rings. The smallest absolute Gasteiger partial charge is 0.331 e. The molecule has 1 aliphatic carbocycles. The first-order valence-corrected chi connectivity index (χ1v) is 7.03. The molecular weight excluding hydrogens is 264 g/mol. The molecule has 110 valence electrons. The Balaban J connectivity index is 2.09. The summed E-state index contributed by atoms with van der Waals surface area (Å²) in [6, 6.07) is 7.65. The average molecular weight is 284 g/mol. The maximum absolute atomic E-state index is 10.7. The fourth-order valence-corrected chi connectivity index (χ4v) is 2.34. The van der Waals surface area contributed by atoms with Crippen molar-refractivity contribution in [3.63, 3.8) is 0 Å². The van der Waals surface area contributed by atoms with Crippen molar-refractivity contribution in [2.75, 3.05) is 0 Å². The van der Waals surface area contributed by atoms with Gasteiger partial charge in [-0.3, -0.25) is 0 Å². The van der Waals surface area contributed by atoms with Crippen molar-refractivity contribution >= 4 is 11.5 Å². The molecule has 0 spiro atoms. The highest BCUT2D eigenvalue weighted by Gasteiger charge is 2.14. The van der Waals surface area contributed by atoms with Crippen molar-refractivity contribution < 1.29 is 15.0 Å². The molecule has 2 rings (SSSR count). The maximum Gasteiger partial charge on any atom is 0.331 e. The summed E-state index contributed by atoms with van der Waals surface area (Å²) in [5, 5.41) is 18.8. The third kappa shape index (κ3) is 3.92. The van der Waals surface area contributed by atoms with Crippen LogP contribution in [0.4, 0.5) is 0 Å². The Labute approximate surface area is 124 Å². The molecule has 2 N–H and O–H groups in total. The zero-order valence-electron chi connectivity index (χ0n) is 12.2. The van der Waals surface area contributed by atoms with E-state index in [2.05, 4.69) is 25.7 Å². The van der Waals surface area contributed by atoms with Crippen LogP contribution in [0.15, 0.2) is 54.1 Å². The molecule has 21 heavy (non-hydrogen) atoms. The van der Waals surface area contributed by atoms with Gasteiger partial charge in [0.2, 0.25) is 0 Å². The number of hydrogen-bond acceptors (Lipinski definition) is 2. The second-order valence-electron chi connectivity index (χ2n) is 5.46.